The van der Waals surface area contributed by atoms with E-state index in [0.29, 0.717) is 40.6 Å². The van der Waals surface area contributed by atoms with Crippen LogP contribution in [0.15, 0.2) is 30.5 Å². The van der Waals surface area contributed by atoms with Crippen LogP contribution in [0.1, 0.15) is 26.2 Å². The summed E-state index contributed by atoms with van der Waals surface area (Å²) in [6, 6.07) is 5.80. The number of carbonyl (C=O) groups excluding carboxylic acids is 2. The summed E-state index contributed by atoms with van der Waals surface area (Å²) in [4.78, 5) is 27.9. The molecule has 0 aliphatic heterocycles. The van der Waals surface area contributed by atoms with Crippen molar-refractivity contribution >= 4 is 29.2 Å². The van der Waals surface area contributed by atoms with Crippen LogP contribution < -0.4 is 15.4 Å². The molecule has 1 saturated carbocycles. The van der Waals surface area contributed by atoms with Gasteiger partial charge in [0.15, 0.2) is 0 Å². The van der Waals surface area contributed by atoms with Gasteiger partial charge in [-0.2, -0.15) is 0 Å². The van der Waals surface area contributed by atoms with E-state index in [9.17, 15) is 14.0 Å². The molecular weight excluding hydrogens is 385 g/mol. The van der Waals surface area contributed by atoms with Gasteiger partial charge in [-0.15, -0.1) is 0 Å². The normalized spacial score (nSPS) is 18.6. The quantitative estimate of drug-likeness (QED) is 0.793. The smallest absolute Gasteiger partial charge is 0.228 e. The maximum Gasteiger partial charge on any atom is 0.228 e. The molecule has 6 nitrogen and oxygen atoms in total. The molecule has 28 heavy (non-hydrogen) atoms. The molecule has 0 saturated heterocycles. The lowest BCUT2D eigenvalue weighted by molar-refractivity contribution is -0.121. The monoisotopic (exact) mass is 405 g/mol. The number of nitrogens with zero attached hydrogens (tertiary/aromatic N) is 1. The average Bonchev–Trinajstić information content (AvgIpc) is 3.11. The molecule has 8 heteroatoms. The first kappa shape index (κ1) is 20.1. The first-order chi connectivity index (χ1) is 13.4. The van der Waals surface area contributed by atoms with E-state index >= 15 is 0 Å². The molecule has 148 valence electrons. The number of aromatic nitrogens is 1. The van der Waals surface area contributed by atoms with Crippen LogP contribution in [0.5, 0.6) is 5.75 Å². The van der Waals surface area contributed by atoms with Crippen LogP contribution in [-0.2, 0) is 9.59 Å². The number of methoxy groups -OCH3 is 1. The van der Waals surface area contributed by atoms with Gasteiger partial charge in [0.25, 0.3) is 0 Å². The van der Waals surface area contributed by atoms with E-state index in [2.05, 4.69) is 15.6 Å². The van der Waals surface area contributed by atoms with E-state index in [1.54, 1.807) is 12.1 Å². The van der Waals surface area contributed by atoms with Crippen molar-refractivity contribution in [2.24, 2.45) is 5.92 Å². The van der Waals surface area contributed by atoms with Crippen LogP contribution in [0.2, 0.25) is 5.02 Å². The Morgan fingerprint density at radius 2 is 2.04 bits per heavy atom. The molecule has 1 fully saturated rings. The summed E-state index contributed by atoms with van der Waals surface area (Å²) in [5.41, 5.74) is 1.17. The first-order valence-corrected chi connectivity index (χ1v) is 9.32. The van der Waals surface area contributed by atoms with Crippen LogP contribution >= 0.6 is 11.6 Å². The summed E-state index contributed by atoms with van der Waals surface area (Å²) in [6.45, 7) is 1.47. The highest BCUT2D eigenvalue weighted by Gasteiger charge is 2.30. The number of benzene rings is 1. The van der Waals surface area contributed by atoms with E-state index in [0.717, 1.165) is 6.42 Å². The molecule has 0 unspecified atom stereocenters. The fourth-order valence-corrected chi connectivity index (χ4v) is 3.67. The molecule has 1 aliphatic carbocycles. The predicted molar refractivity (Wildman–Crippen MR) is 105 cm³/mol. The van der Waals surface area contributed by atoms with Gasteiger partial charge in [0.05, 0.1) is 12.1 Å². The molecule has 0 spiro atoms. The van der Waals surface area contributed by atoms with Crippen molar-refractivity contribution in [3.8, 4) is 16.9 Å². The summed E-state index contributed by atoms with van der Waals surface area (Å²) in [5, 5.41) is 6.01. The van der Waals surface area contributed by atoms with E-state index in [1.165, 1.54) is 32.4 Å². The highest BCUT2D eigenvalue weighted by molar-refractivity contribution is 6.33. The number of nitrogens with one attached hydrogen (secondary N) is 2. The van der Waals surface area contributed by atoms with Gasteiger partial charge < -0.3 is 15.4 Å². The molecule has 2 aromatic rings. The minimum atomic E-state index is -0.422. The van der Waals surface area contributed by atoms with Crippen LogP contribution in [0.25, 0.3) is 11.1 Å². The molecule has 1 aromatic heterocycles. The molecule has 0 bridgehead atoms. The zero-order valence-electron chi connectivity index (χ0n) is 15.6. The summed E-state index contributed by atoms with van der Waals surface area (Å²) >= 11 is 6.27. The topological polar surface area (TPSA) is 80.3 Å². The van der Waals surface area contributed by atoms with Crippen LogP contribution in [0.4, 0.5) is 10.2 Å². The van der Waals surface area contributed by atoms with Crippen LogP contribution in [-0.4, -0.2) is 29.9 Å². The zero-order chi connectivity index (χ0) is 20.3. The summed E-state index contributed by atoms with van der Waals surface area (Å²) in [6.07, 6.45) is 3.49. The van der Waals surface area contributed by atoms with Crippen LogP contribution in [0.3, 0.4) is 0 Å². The van der Waals surface area contributed by atoms with Crippen molar-refractivity contribution in [2.45, 2.75) is 32.2 Å². The van der Waals surface area contributed by atoms with Gasteiger partial charge in [0, 0.05) is 42.3 Å². The number of rotatable bonds is 5. The Labute approximate surface area is 167 Å². The Morgan fingerprint density at radius 3 is 2.75 bits per heavy atom. The van der Waals surface area contributed by atoms with E-state index in [-0.39, 0.29) is 23.8 Å². The molecule has 2 N–H and O–H groups in total. The minimum absolute atomic E-state index is 0.0189. The lowest BCUT2D eigenvalue weighted by Crippen LogP contribution is -2.31. The zero-order valence-corrected chi connectivity index (χ0v) is 16.3. The van der Waals surface area contributed by atoms with Crippen LogP contribution in [0, 0.1) is 11.7 Å². The SMILES string of the molecule is COc1cc(F)ccc1-c1cc(NC(=O)[C@H]2CC[C@@H](NC(C)=O)C2)ncc1Cl. The van der Waals surface area contributed by atoms with Crippen molar-refractivity contribution in [1.82, 2.24) is 10.3 Å². The Kier molecular flexibility index (Phi) is 6.14. The number of anilines is 1. The molecule has 2 amide bonds. The first-order valence-electron chi connectivity index (χ1n) is 8.94. The standard InChI is InChI=1S/C20H21ClFN3O3/c1-11(26)24-14-5-3-12(7-14)20(27)25-19-9-16(17(21)10-23-19)15-6-4-13(22)8-18(15)28-2/h4,6,8-10,12,14H,3,5,7H2,1-2H3,(H,24,26)(H,23,25,27)/t12-,14+/m0/s1. The van der Waals surface area contributed by atoms with Crippen molar-refractivity contribution in [2.75, 3.05) is 12.4 Å². The fourth-order valence-electron chi connectivity index (χ4n) is 3.47. The third kappa shape index (κ3) is 4.59. The third-order valence-corrected chi connectivity index (χ3v) is 5.07. The lowest BCUT2D eigenvalue weighted by Gasteiger charge is -2.14. The van der Waals surface area contributed by atoms with Gasteiger partial charge in [0.2, 0.25) is 11.8 Å². The second kappa shape index (κ2) is 8.56. The van der Waals surface area contributed by atoms with Crippen molar-refractivity contribution in [1.29, 1.82) is 0 Å². The summed E-state index contributed by atoms with van der Waals surface area (Å²) in [7, 11) is 1.45. The Bertz CT molecular complexity index is 906. The maximum atomic E-state index is 13.5. The van der Waals surface area contributed by atoms with Gasteiger partial charge in [-0.05, 0) is 37.5 Å². The number of amides is 2. The maximum absolute atomic E-state index is 13.5. The molecule has 1 aromatic carbocycles. The molecule has 1 heterocycles. The second-order valence-electron chi connectivity index (χ2n) is 6.79. The van der Waals surface area contributed by atoms with Crippen molar-refractivity contribution in [3.63, 3.8) is 0 Å². The minimum Gasteiger partial charge on any atom is -0.496 e. The molecule has 1 aliphatic rings. The lowest BCUT2D eigenvalue weighted by atomic mass is 10.0. The van der Waals surface area contributed by atoms with Gasteiger partial charge in [-0.3, -0.25) is 9.59 Å². The highest BCUT2D eigenvalue weighted by Crippen LogP contribution is 2.36. The number of pyridine rings is 1. The highest BCUT2D eigenvalue weighted by atomic mass is 35.5. The second-order valence-corrected chi connectivity index (χ2v) is 7.20. The fraction of sp³-hybridized carbons (Fsp3) is 0.350. The van der Waals surface area contributed by atoms with Gasteiger partial charge in [0.1, 0.15) is 17.4 Å². The average molecular weight is 406 g/mol. The van der Waals surface area contributed by atoms with Gasteiger partial charge in [-0.1, -0.05) is 11.6 Å². The molecule has 3 rings (SSSR count). The Balaban J connectivity index is 1.77. The Morgan fingerprint density at radius 1 is 1.25 bits per heavy atom. The van der Waals surface area contributed by atoms with Gasteiger partial charge in [-0.25, -0.2) is 9.37 Å². The Hall–Kier alpha value is -2.67. The van der Waals surface area contributed by atoms with Gasteiger partial charge >= 0.3 is 0 Å². The predicted octanol–water partition coefficient (Wildman–Crippen LogP) is 3.79. The molecular formula is C20H21ClFN3O3. The summed E-state index contributed by atoms with van der Waals surface area (Å²) < 4.78 is 18.7. The largest absolute Gasteiger partial charge is 0.496 e. The number of hydrogen-bond donors (Lipinski definition) is 2. The molecule has 0 radical (unpaired) electrons. The number of carbonyl (C=O) groups is 2. The molecule has 2 atom stereocenters. The van der Waals surface area contributed by atoms with E-state index in [4.69, 9.17) is 16.3 Å². The van der Waals surface area contributed by atoms with Crippen molar-refractivity contribution in [3.05, 3.63) is 41.3 Å². The van der Waals surface area contributed by atoms with E-state index < -0.39 is 5.82 Å². The summed E-state index contributed by atoms with van der Waals surface area (Å²) in [5.74, 6) is -0.187. The van der Waals surface area contributed by atoms with E-state index in [1.807, 2.05) is 0 Å². The number of hydrogen-bond acceptors (Lipinski definition) is 4. The van der Waals surface area contributed by atoms with Crippen molar-refractivity contribution < 1.29 is 18.7 Å². The third-order valence-electron chi connectivity index (χ3n) is 4.77. The number of ether oxygens (including phenoxy) is 1. The number of halogens is 2.